The maximum Gasteiger partial charge on any atom is 0.343 e. The van der Waals surface area contributed by atoms with Crippen LogP contribution < -0.4 is 4.74 Å². The summed E-state index contributed by atoms with van der Waals surface area (Å²) in [5.74, 6) is -3.20. The quantitative estimate of drug-likeness (QED) is 0.0967. The van der Waals surface area contributed by atoms with Crippen molar-refractivity contribution in [3.05, 3.63) is 101 Å². The van der Waals surface area contributed by atoms with Crippen LogP contribution in [0.1, 0.15) is 38.3 Å². The molecule has 7 atom stereocenters. The molecule has 1 aliphatic heterocycles. The first-order valence-corrected chi connectivity index (χ1v) is 16.2. The van der Waals surface area contributed by atoms with E-state index in [4.69, 9.17) is 9.47 Å². The Morgan fingerprint density at radius 1 is 0.818 bits per heavy atom. The van der Waals surface area contributed by atoms with Crippen molar-refractivity contribution in [2.45, 2.75) is 35.5 Å². The molecule has 1 saturated heterocycles. The highest BCUT2D eigenvalue weighted by Gasteiger charge is 2.67. The Hall–Kier alpha value is -3.63. The summed E-state index contributed by atoms with van der Waals surface area (Å²) in [6, 6.07) is 20.8. The number of nitrogens with zero attached hydrogens (tertiary/aromatic N) is 1. The molecule has 44 heavy (non-hydrogen) atoms. The molecule has 0 radical (unpaired) electrons. The topological polar surface area (TPSA) is 107 Å². The fourth-order valence-corrected chi connectivity index (χ4v) is 8.55. The van der Waals surface area contributed by atoms with Crippen molar-refractivity contribution >= 4 is 61.4 Å². The van der Waals surface area contributed by atoms with E-state index in [0.717, 1.165) is 22.4 Å². The van der Waals surface area contributed by atoms with Gasteiger partial charge in [-0.05, 0) is 67.1 Å². The van der Waals surface area contributed by atoms with Crippen LogP contribution in [0.3, 0.4) is 0 Å². The summed E-state index contributed by atoms with van der Waals surface area (Å²) in [5.41, 5.74) is 2.43. The van der Waals surface area contributed by atoms with Crippen LogP contribution in [0.15, 0.2) is 78.9 Å². The van der Waals surface area contributed by atoms with Crippen LogP contribution in [-0.4, -0.2) is 56.7 Å². The van der Waals surface area contributed by atoms with E-state index >= 15 is 0 Å². The van der Waals surface area contributed by atoms with Crippen molar-refractivity contribution in [2.24, 2.45) is 23.7 Å². The zero-order valence-electron chi connectivity index (χ0n) is 23.7. The van der Waals surface area contributed by atoms with E-state index in [1.54, 1.807) is 12.1 Å². The van der Waals surface area contributed by atoms with Crippen molar-refractivity contribution in [2.75, 3.05) is 6.61 Å². The number of imide groups is 1. The molecule has 3 fully saturated rings. The molecular formula is C34H29Br2NO7. The summed E-state index contributed by atoms with van der Waals surface area (Å²) < 4.78 is 10.9. The minimum absolute atomic E-state index is 0.00457. The molecule has 2 amide bonds. The second-order valence-corrected chi connectivity index (χ2v) is 13.7. The first-order valence-electron chi connectivity index (χ1n) is 14.4. The molecule has 226 valence electrons. The number of carbonyl (C=O) groups excluding carboxylic acids is 5. The molecule has 1 heterocycles. The van der Waals surface area contributed by atoms with Gasteiger partial charge in [0.1, 0.15) is 11.8 Å². The van der Waals surface area contributed by atoms with Gasteiger partial charge in [-0.25, -0.2) is 9.59 Å². The number of Topliss-reactive ketones (excluding diaryl/α,β-unsaturated/α-hetero) is 1. The fourth-order valence-electron chi connectivity index (χ4n) is 6.68. The monoisotopic (exact) mass is 721 g/mol. The number of hydrogen-bond acceptors (Lipinski definition) is 7. The number of benzene rings is 3. The maximum atomic E-state index is 13.7. The molecule has 3 aliphatic rings. The Morgan fingerprint density at radius 3 is 1.98 bits per heavy atom. The first kappa shape index (κ1) is 30.4. The minimum atomic E-state index is -1.19. The Labute approximate surface area is 271 Å². The molecule has 0 N–H and O–H groups in total. The number of aryl methyl sites for hydroxylation is 1. The van der Waals surface area contributed by atoms with Gasteiger partial charge in [0.25, 0.3) is 0 Å². The Bertz CT molecular complexity index is 1580. The van der Waals surface area contributed by atoms with Crippen LogP contribution in [0.2, 0.25) is 0 Å². The lowest BCUT2D eigenvalue weighted by molar-refractivity contribution is -0.158. The third kappa shape index (κ3) is 5.65. The van der Waals surface area contributed by atoms with Crippen molar-refractivity contribution in [3.63, 3.8) is 0 Å². The number of alkyl halides is 2. The predicted octanol–water partition coefficient (Wildman–Crippen LogP) is 5.33. The molecule has 3 aromatic rings. The van der Waals surface area contributed by atoms with Crippen LogP contribution in [0, 0.1) is 30.6 Å². The number of carbonyl (C=O) groups is 5. The summed E-state index contributed by atoms with van der Waals surface area (Å²) in [7, 11) is 0. The number of amides is 2. The molecule has 0 aromatic heterocycles. The zero-order chi connectivity index (χ0) is 31.1. The number of ketones is 1. The van der Waals surface area contributed by atoms with Gasteiger partial charge in [0.15, 0.2) is 12.4 Å². The smallest absolute Gasteiger partial charge is 0.343 e. The van der Waals surface area contributed by atoms with Crippen molar-refractivity contribution in [1.29, 1.82) is 0 Å². The van der Waals surface area contributed by atoms with E-state index in [-0.39, 0.29) is 51.0 Å². The number of ether oxygens (including phenoxy) is 2. The van der Waals surface area contributed by atoms with Gasteiger partial charge in [0, 0.05) is 21.6 Å². The first-order chi connectivity index (χ1) is 21.1. The molecule has 8 nitrogen and oxygen atoms in total. The van der Waals surface area contributed by atoms with Crippen LogP contribution in [0.5, 0.6) is 5.75 Å². The summed E-state index contributed by atoms with van der Waals surface area (Å²) in [5, 5.41) is 0. The molecular weight excluding hydrogens is 694 g/mol. The lowest BCUT2D eigenvalue weighted by Crippen LogP contribution is -2.48. The van der Waals surface area contributed by atoms with Gasteiger partial charge in [-0.2, -0.15) is 0 Å². The standard InChI is InChI=1S/C34H29Br2NO7/c1-18-7-9-21(10-8-18)33(41)44-22-13-11-20(12-14-22)26(38)17-43-34(42)25(15-19-5-3-2-4-6-19)37-31(39)27-23-16-24(28(27)32(37)40)30(36)29(23)35/h2-14,23-25,27-30H,15-17H2,1H3. The van der Waals surface area contributed by atoms with Gasteiger partial charge in [-0.3, -0.25) is 19.3 Å². The maximum absolute atomic E-state index is 13.7. The summed E-state index contributed by atoms with van der Waals surface area (Å²) >= 11 is 7.39. The van der Waals surface area contributed by atoms with Crippen LogP contribution in [0.4, 0.5) is 0 Å². The Morgan fingerprint density at radius 2 is 1.39 bits per heavy atom. The van der Waals surface area contributed by atoms with Crippen LogP contribution in [0.25, 0.3) is 0 Å². The van der Waals surface area contributed by atoms with Gasteiger partial charge in [-0.1, -0.05) is 79.9 Å². The van der Waals surface area contributed by atoms with Crippen molar-refractivity contribution in [1.82, 2.24) is 4.90 Å². The fraction of sp³-hybridized carbons (Fsp3) is 0.324. The molecule has 0 spiro atoms. The second kappa shape index (κ2) is 12.4. The lowest BCUT2D eigenvalue weighted by atomic mass is 9.81. The van der Waals surface area contributed by atoms with Gasteiger partial charge >= 0.3 is 11.9 Å². The predicted molar refractivity (Wildman–Crippen MR) is 168 cm³/mol. The molecule has 2 bridgehead atoms. The minimum Gasteiger partial charge on any atom is -0.456 e. The summed E-state index contributed by atoms with van der Waals surface area (Å²) in [6.45, 7) is 1.34. The number of esters is 2. The Kier molecular flexibility index (Phi) is 8.57. The van der Waals surface area contributed by atoms with Crippen molar-refractivity contribution in [3.8, 4) is 5.75 Å². The van der Waals surface area contributed by atoms with E-state index < -0.39 is 42.2 Å². The normalized spacial score (nSPS) is 25.9. The van der Waals surface area contributed by atoms with Crippen LogP contribution in [-0.2, 0) is 25.5 Å². The zero-order valence-corrected chi connectivity index (χ0v) is 26.9. The third-order valence-electron chi connectivity index (χ3n) is 8.90. The average Bonchev–Trinajstić information content (AvgIpc) is 3.64. The number of rotatable bonds is 9. The number of halogens is 2. The highest BCUT2D eigenvalue weighted by molar-refractivity contribution is 9.12. The lowest BCUT2D eigenvalue weighted by Gasteiger charge is -2.28. The molecule has 7 unspecified atom stereocenters. The molecule has 2 aliphatic carbocycles. The molecule has 6 rings (SSSR count). The van der Waals surface area contributed by atoms with Crippen LogP contribution >= 0.6 is 31.9 Å². The van der Waals surface area contributed by atoms with E-state index in [1.807, 2.05) is 49.4 Å². The van der Waals surface area contributed by atoms with Crippen molar-refractivity contribution < 1.29 is 33.4 Å². The largest absolute Gasteiger partial charge is 0.456 e. The molecule has 3 aromatic carbocycles. The van der Waals surface area contributed by atoms with Gasteiger partial charge in [0.2, 0.25) is 11.8 Å². The van der Waals surface area contributed by atoms with Gasteiger partial charge < -0.3 is 9.47 Å². The highest BCUT2D eigenvalue weighted by Crippen LogP contribution is 2.60. The van der Waals surface area contributed by atoms with E-state index in [9.17, 15) is 24.0 Å². The summed E-state index contributed by atoms with van der Waals surface area (Å²) in [4.78, 5) is 67.5. The number of fused-ring (bicyclic) bond motifs is 5. The Balaban J connectivity index is 1.13. The highest BCUT2D eigenvalue weighted by atomic mass is 79.9. The van der Waals surface area contributed by atoms with E-state index in [1.165, 1.54) is 24.3 Å². The van der Waals surface area contributed by atoms with Gasteiger partial charge in [-0.15, -0.1) is 0 Å². The molecule has 2 saturated carbocycles. The SMILES string of the molecule is Cc1ccc(C(=O)Oc2ccc(C(=O)COC(=O)C(Cc3ccccc3)N3C(=O)C4C5CC(C(Br)C5Br)C4C3=O)cc2)cc1. The second-order valence-electron chi connectivity index (χ2n) is 11.6. The van der Waals surface area contributed by atoms with E-state index in [0.29, 0.717) is 5.56 Å². The van der Waals surface area contributed by atoms with Gasteiger partial charge in [0.05, 0.1) is 17.4 Å². The number of hydrogen-bond donors (Lipinski definition) is 0. The molecule has 10 heteroatoms. The average molecular weight is 723 g/mol. The number of likely N-dealkylation sites (tertiary alicyclic amines) is 1. The summed E-state index contributed by atoms with van der Waals surface area (Å²) in [6.07, 6.45) is 0.857. The third-order valence-corrected chi connectivity index (χ3v) is 12.1. The van der Waals surface area contributed by atoms with E-state index in [2.05, 4.69) is 31.9 Å².